The molecule has 0 heterocycles. The van der Waals surface area contributed by atoms with Gasteiger partial charge in [-0.1, -0.05) is 25.1 Å². The molecule has 1 aromatic carbocycles. The van der Waals surface area contributed by atoms with Gasteiger partial charge in [-0.25, -0.2) is 4.39 Å². The van der Waals surface area contributed by atoms with Gasteiger partial charge in [-0.3, -0.25) is 0 Å². The van der Waals surface area contributed by atoms with Crippen molar-refractivity contribution in [1.29, 1.82) is 0 Å². The number of rotatable bonds is 6. The second kappa shape index (κ2) is 7.29. The molecule has 19 heavy (non-hydrogen) atoms. The number of ether oxygens (including phenoxy) is 1. The number of halogens is 1. The molecule has 0 saturated heterocycles. The summed E-state index contributed by atoms with van der Waals surface area (Å²) in [6.07, 6.45) is 6.79. The van der Waals surface area contributed by atoms with Gasteiger partial charge in [0.25, 0.3) is 0 Å². The van der Waals surface area contributed by atoms with Crippen LogP contribution in [0, 0.1) is 17.7 Å². The molecule has 1 aromatic rings. The van der Waals surface area contributed by atoms with Gasteiger partial charge in [0.2, 0.25) is 0 Å². The summed E-state index contributed by atoms with van der Waals surface area (Å²) in [6, 6.07) is 6.50. The molecule has 2 nitrogen and oxygen atoms in total. The van der Waals surface area contributed by atoms with Crippen LogP contribution >= 0.6 is 0 Å². The van der Waals surface area contributed by atoms with Gasteiger partial charge in [0.1, 0.15) is 5.82 Å². The van der Waals surface area contributed by atoms with E-state index in [0.717, 1.165) is 25.1 Å². The maximum Gasteiger partial charge on any atom is 0.125 e. The highest BCUT2D eigenvalue weighted by molar-refractivity contribution is 5.42. The molecule has 1 aliphatic rings. The van der Waals surface area contributed by atoms with Crippen molar-refractivity contribution in [3.8, 4) is 0 Å². The molecule has 0 amide bonds. The van der Waals surface area contributed by atoms with E-state index in [-0.39, 0.29) is 5.82 Å². The van der Waals surface area contributed by atoms with Crippen molar-refractivity contribution in [2.45, 2.75) is 19.8 Å². The Labute approximate surface area is 114 Å². The summed E-state index contributed by atoms with van der Waals surface area (Å²) in [6.45, 7) is 4.46. The summed E-state index contributed by atoms with van der Waals surface area (Å²) in [7, 11) is 0. The van der Waals surface area contributed by atoms with Crippen molar-refractivity contribution in [2.24, 2.45) is 11.8 Å². The van der Waals surface area contributed by atoms with Crippen LogP contribution in [0.25, 0.3) is 0 Å². The van der Waals surface area contributed by atoms with Crippen LogP contribution < -0.4 is 5.32 Å². The van der Waals surface area contributed by atoms with Crippen LogP contribution in [-0.4, -0.2) is 19.8 Å². The molecule has 0 saturated carbocycles. The molecule has 1 aliphatic carbocycles. The molecule has 2 unspecified atom stereocenters. The Hall–Kier alpha value is -1.35. The second-order valence-corrected chi connectivity index (χ2v) is 5.19. The number of hydrogen-bond donors (Lipinski definition) is 1. The molecule has 2 rings (SSSR count). The highest BCUT2D eigenvalue weighted by Crippen LogP contribution is 2.24. The normalized spacial score (nSPS) is 22.4. The van der Waals surface area contributed by atoms with Gasteiger partial charge in [0, 0.05) is 12.2 Å². The van der Waals surface area contributed by atoms with Gasteiger partial charge in [-0.05, 0) is 42.9 Å². The molecule has 2 atom stereocenters. The number of anilines is 1. The molecular weight excluding hydrogens is 241 g/mol. The third-order valence-electron chi connectivity index (χ3n) is 3.65. The van der Waals surface area contributed by atoms with E-state index in [4.69, 9.17) is 4.74 Å². The molecule has 0 aromatic heterocycles. The molecule has 1 N–H and O–H groups in total. The Balaban J connectivity index is 1.61. The topological polar surface area (TPSA) is 21.3 Å². The summed E-state index contributed by atoms with van der Waals surface area (Å²) < 4.78 is 18.7. The first-order valence-electron chi connectivity index (χ1n) is 6.98. The Kier molecular flexibility index (Phi) is 5.40. The molecule has 0 bridgehead atoms. The first kappa shape index (κ1) is 14.1. The fourth-order valence-electron chi connectivity index (χ4n) is 2.34. The van der Waals surface area contributed by atoms with Crippen LogP contribution in [-0.2, 0) is 4.74 Å². The lowest BCUT2D eigenvalue weighted by Crippen LogP contribution is -2.21. The zero-order chi connectivity index (χ0) is 13.5. The smallest absolute Gasteiger partial charge is 0.125 e. The lowest BCUT2D eigenvalue weighted by Gasteiger charge is -2.24. The summed E-state index contributed by atoms with van der Waals surface area (Å²) in [5.74, 6) is 1.13. The van der Waals surface area contributed by atoms with E-state index in [0.29, 0.717) is 25.0 Å². The van der Waals surface area contributed by atoms with Crippen LogP contribution in [0.3, 0.4) is 0 Å². The lowest BCUT2D eigenvalue weighted by atomic mass is 9.85. The molecule has 104 valence electrons. The Morgan fingerprint density at radius 3 is 2.95 bits per heavy atom. The molecule has 0 radical (unpaired) electrons. The zero-order valence-corrected chi connectivity index (χ0v) is 11.4. The van der Waals surface area contributed by atoms with E-state index < -0.39 is 0 Å². The maximum absolute atomic E-state index is 13.0. The SMILES string of the molecule is CC1CC=CCC1COCCNc1cccc(F)c1. The van der Waals surface area contributed by atoms with Gasteiger partial charge >= 0.3 is 0 Å². The third-order valence-corrected chi connectivity index (χ3v) is 3.65. The molecule has 3 heteroatoms. The number of benzene rings is 1. The minimum absolute atomic E-state index is 0.214. The van der Waals surface area contributed by atoms with Crippen LogP contribution in [0.15, 0.2) is 36.4 Å². The van der Waals surface area contributed by atoms with Crippen molar-refractivity contribution in [3.05, 3.63) is 42.2 Å². The van der Waals surface area contributed by atoms with Crippen LogP contribution in [0.4, 0.5) is 10.1 Å². The van der Waals surface area contributed by atoms with Crippen molar-refractivity contribution < 1.29 is 9.13 Å². The van der Waals surface area contributed by atoms with E-state index in [1.165, 1.54) is 12.1 Å². The monoisotopic (exact) mass is 263 g/mol. The van der Waals surface area contributed by atoms with Gasteiger partial charge in [0.15, 0.2) is 0 Å². The standard InChI is InChI=1S/C16H22FNO/c1-13-5-2-3-6-14(13)12-19-10-9-18-16-8-4-7-15(17)11-16/h2-4,7-8,11,13-14,18H,5-6,9-10,12H2,1H3. The zero-order valence-electron chi connectivity index (χ0n) is 11.4. The highest BCUT2D eigenvalue weighted by atomic mass is 19.1. The van der Waals surface area contributed by atoms with Crippen molar-refractivity contribution in [3.63, 3.8) is 0 Å². The quantitative estimate of drug-likeness (QED) is 0.621. The van der Waals surface area contributed by atoms with Gasteiger partial charge in [-0.15, -0.1) is 0 Å². The fourth-order valence-corrected chi connectivity index (χ4v) is 2.34. The van der Waals surface area contributed by atoms with Crippen molar-refractivity contribution in [2.75, 3.05) is 25.1 Å². The van der Waals surface area contributed by atoms with E-state index in [1.54, 1.807) is 6.07 Å². The summed E-state index contributed by atoms with van der Waals surface area (Å²) in [5.41, 5.74) is 0.803. The summed E-state index contributed by atoms with van der Waals surface area (Å²) >= 11 is 0. The predicted octanol–water partition coefficient (Wildman–Crippen LogP) is 3.86. The minimum atomic E-state index is -0.214. The summed E-state index contributed by atoms with van der Waals surface area (Å²) in [5, 5.41) is 3.16. The average molecular weight is 263 g/mol. The van der Waals surface area contributed by atoms with E-state index >= 15 is 0 Å². The summed E-state index contributed by atoms with van der Waals surface area (Å²) in [4.78, 5) is 0. The van der Waals surface area contributed by atoms with Crippen LogP contribution in [0.1, 0.15) is 19.8 Å². The minimum Gasteiger partial charge on any atom is -0.383 e. The number of nitrogens with one attached hydrogen (secondary N) is 1. The Bertz CT molecular complexity index is 419. The number of allylic oxidation sites excluding steroid dienone is 2. The second-order valence-electron chi connectivity index (χ2n) is 5.19. The van der Waals surface area contributed by atoms with E-state index in [2.05, 4.69) is 24.4 Å². The Morgan fingerprint density at radius 1 is 1.32 bits per heavy atom. The highest BCUT2D eigenvalue weighted by Gasteiger charge is 2.17. The van der Waals surface area contributed by atoms with E-state index in [1.807, 2.05) is 6.07 Å². The van der Waals surface area contributed by atoms with E-state index in [9.17, 15) is 4.39 Å². The average Bonchev–Trinajstić information content (AvgIpc) is 2.40. The molecule has 0 spiro atoms. The predicted molar refractivity (Wildman–Crippen MR) is 76.7 cm³/mol. The van der Waals surface area contributed by atoms with Crippen LogP contribution in [0.2, 0.25) is 0 Å². The molecular formula is C16H22FNO. The van der Waals surface area contributed by atoms with Crippen LogP contribution in [0.5, 0.6) is 0 Å². The number of hydrogen-bond acceptors (Lipinski definition) is 2. The van der Waals surface area contributed by atoms with Gasteiger partial charge < -0.3 is 10.1 Å². The van der Waals surface area contributed by atoms with Crippen molar-refractivity contribution >= 4 is 5.69 Å². The maximum atomic E-state index is 13.0. The Morgan fingerprint density at radius 2 is 2.16 bits per heavy atom. The van der Waals surface area contributed by atoms with Gasteiger partial charge in [-0.2, -0.15) is 0 Å². The fraction of sp³-hybridized carbons (Fsp3) is 0.500. The molecule has 0 aliphatic heterocycles. The third kappa shape index (κ3) is 4.67. The first-order chi connectivity index (χ1) is 9.25. The lowest BCUT2D eigenvalue weighted by molar-refractivity contribution is 0.0860. The van der Waals surface area contributed by atoms with Gasteiger partial charge in [0.05, 0.1) is 13.2 Å². The largest absolute Gasteiger partial charge is 0.383 e. The first-order valence-corrected chi connectivity index (χ1v) is 6.98. The van der Waals surface area contributed by atoms with Crippen molar-refractivity contribution in [1.82, 2.24) is 0 Å². The molecule has 0 fully saturated rings.